The molecule has 0 spiro atoms. The lowest BCUT2D eigenvalue weighted by atomic mass is 10.1. The summed E-state index contributed by atoms with van der Waals surface area (Å²) >= 11 is 5.92. The average molecular weight is 378 g/mol. The van der Waals surface area contributed by atoms with Crippen molar-refractivity contribution in [1.29, 1.82) is 0 Å². The van der Waals surface area contributed by atoms with Crippen LogP contribution in [0.3, 0.4) is 0 Å². The SMILES string of the molecule is COc1ccc(CN2CCN(c3ccc(Cl)cn3)CC2)c(OC)c1OC. The summed E-state index contributed by atoms with van der Waals surface area (Å²) in [5.74, 6) is 3.01. The minimum absolute atomic E-state index is 0.636. The topological polar surface area (TPSA) is 47.1 Å². The van der Waals surface area contributed by atoms with Gasteiger partial charge in [0.15, 0.2) is 11.5 Å². The molecular formula is C19H24ClN3O3. The van der Waals surface area contributed by atoms with Gasteiger partial charge < -0.3 is 19.1 Å². The first kappa shape index (κ1) is 18.6. The highest BCUT2D eigenvalue weighted by Crippen LogP contribution is 2.40. The quantitative estimate of drug-likeness (QED) is 0.771. The Morgan fingerprint density at radius 3 is 2.23 bits per heavy atom. The number of benzene rings is 1. The van der Waals surface area contributed by atoms with E-state index in [4.69, 9.17) is 25.8 Å². The summed E-state index contributed by atoms with van der Waals surface area (Å²) in [5.41, 5.74) is 1.09. The molecule has 1 aromatic carbocycles. The van der Waals surface area contributed by atoms with Crippen molar-refractivity contribution >= 4 is 17.4 Å². The Bertz CT molecular complexity index is 732. The number of anilines is 1. The van der Waals surface area contributed by atoms with E-state index >= 15 is 0 Å². The highest BCUT2D eigenvalue weighted by atomic mass is 35.5. The molecule has 0 unspecified atom stereocenters. The standard InChI is InChI=1S/C19H24ClN3O3/c1-24-16-6-4-14(18(25-2)19(16)26-3)13-22-8-10-23(11-9-22)17-7-5-15(20)12-21-17/h4-7,12H,8-11,13H2,1-3H3. The van der Waals surface area contributed by atoms with Crippen LogP contribution in [-0.2, 0) is 6.54 Å². The van der Waals surface area contributed by atoms with Crippen molar-refractivity contribution in [3.63, 3.8) is 0 Å². The van der Waals surface area contributed by atoms with Gasteiger partial charge in [0.2, 0.25) is 5.75 Å². The fourth-order valence-electron chi connectivity index (χ4n) is 3.22. The maximum Gasteiger partial charge on any atom is 0.203 e. The number of hydrogen-bond donors (Lipinski definition) is 0. The van der Waals surface area contributed by atoms with Crippen molar-refractivity contribution in [3.05, 3.63) is 41.0 Å². The summed E-state index contributed by atoms with van der Waals surface area (Å²) in [5, 5.41) is 0.660. The van der Waals surface area contributed by atoms with Crippen LogP contribution in [0.1, 0.15) is 5.56 Å². The van der Waals surface area contributed by atoms with Gasteiger partial charge in [0.25, 0.3) is 0 Å². The maximum atomic E-state index is 5.92. The first-order valence-corrected chi connectivity index (χ1v) is 8.90. The molecule has 0 aliphatic carbocycles. The van der Waals surface area contributed by atoms with E-state index < -0.39 is 0 Å². The zero-order valence-corrected chi connectivity index (χ0v) is 16.1. The van der Waals surface area contributed by atoms with Crippen LogP contribution >= 0.6 is 11.6 Å². The largest absolute Gasteiger partial charge is 0.493 e. The number of halogens is 1. The van der Waals surface area contributed by atoms with Crippen LogP contribution in [0.5, 0.6) is 17.2 Å². The Morgan fingerprint density at radius 1 is 0.923 bits per heavy atom. The minimum Gasteiger partial charge on any atom is -0.493 e. The lowest BCUT2D eigenvalue weighted by Gasteiger charge is -2.35. The Hall–Kier alpha value is -2.18. The molecule has 26 heavy (non-hydrogen) atoms. The van der Waals surface area contributed by atoms with Crippen LogP contribution in [0, 0.1) is 0 Å². The number of methoxy groups -OCH3 is 3. The third-order valence-corrected chi connectivity index (χ3v) is 4.81. The number of rotatable bonds is 6. The lowest BCUT2D eigenvalue weighted by molar-refractivity contribution is 0.243. The normalized spacial score (nSPS) is 15.0. The number of nitrogens with zero attached hydrogens (tertiary/aromatic N) is 3. The second kappa shape index (κ2) is 8.47. The zero-order valence-electron chi connectivity index (χ0n) is 15.4. The molecule has 1 fully saturated rings. The summed E-state index contributed by atoms with van der Waals surface area (Å²) < 4.78 is 16.4. The van der Waals surface area contributed by atoms with Gasteiger partial charge >= 0.3 is 0 Å². The first-order valence-electron chi connectivity index (χ1n) is 8.53. The summed E-state index contributed by atoms with van der Waals surface area (Å²) in [6, 6.07) is 7.80. The van der Waals surface area contributed by atoms with E-state index in [2.05, 4.69) is 14.8 Å². The fraction of sp³-hybridized carbons (Fsp3) is 0.421. The van der Waals surface area contributed by atoms with E-state index in [1.165, 1.54) is 0 Å². The summed E-state index contributed by atoms with van der Waals surface area (Å²) in [6.07, 6.45) is 1.69. The van der Waals surface area contributed by atoms with E-state index in [9.17, 15) is 0 Å². The molecule has 1 aromatic heterocycles. The van der Waals surface area contributed by atoms with Crippen molar-refractivity contribution in [3.8, 4) is 17.2 Å². The predicted molar refractivity (Wildman–Crippen MR) is 103 cm³/mol. The molecule has 0 N–H and O–H groups in total. The monoisotopic (exact) mass is 377 g/mol. The van der Waals surface area contributed by atoms with Gasteiger partial charge in [0.1, 0.15) is 5.82 Å². The Morgan fingerprint density at radius 2 is 1.65 bits per heavy atom. The molecule has 3 rings (SSSR count). The van der Waals surface area contributed by atoms with Gasteiger partial charge in [-0.15, -0.1) is 0 Å². The Kier molecular flexibility index (Phi) is 6.06. The van der Waals surface area contributed by atoms with Gasteiger partial charge in [0, 0.05) is 44.5 Å². The smallest absolute Gasteiger partial charge is 0.203 e. The Balaban J connectivity index is 1.67. The molecule has 0 bridgehead atoms. The van der Waals surface area contributed by atoms with Gasteiger partial charge in [-0.3, -0.25) is 4.90 Å². The number of piperazine rings is 1. The Labute approximate surface area is 159 Å². The van der Waals surface area contributed by atoms with Crippen LogP contribution in [0.25, 0.3) is 0 Å². The van der Waals surface area contributed by atoms with Crippen molar-refractivity contribution in [1.82, 2.24) is 9.88 Å². The van der Waals surface area contributed by atoms with Crippen molar-refractivity contribution in [2.75, 3.05) is 52.4 Å². The molecule has 1 aliphatic rings. The average Bonchev–Trinajstić information content (AvgIpc) is 2.68. The van der Waals surface area contributed by atoms with Crippen LogP contribution in [0.2, 0.25) is 5.02 Å². The molecule has 1 aliphatic heterocycles. The number of ether oxygens (including phenoxy) is 3. The molecule has 0 saturated carbocycles. The van der Waals surface area contributed by atoms with E-state index in [1.54, 1.807) is 27.5 Å². The van der Waals surface area contributed by atoms with Crippen molar-refractivity contribution in [2.24, 2.45) is 0 Å². The van der Waals surface area contributed by atoms with E-state index in [-0.39, 0.29) is 0 Å². The highest BCUT2D eigenvalue weighted by Gasteiger charge is 2.21. The second-order valence-corrected chi connectivity index (χ2v) is 6.53. The third-order valence-electron chi connectivity index (χ3n) is 4.59. The molecule has 0 atom stereocenters. The third kappa shape index (κ3) is 3.97. The predicted octanol–water partition coefficient (Wildman–Crippen LogP) is 3.08. The summed E-state index contributed by atoms with van der Waals surface area (Å²) in [6.45, 7) is 4.53. The van der Waals surface area contributed by atoms with Gasteiger partial charge in [-0.1, -0.05) is 17.7 Å². The second-order valence-electron chi connectivity index (χ2n) is 6.09. The van der Waals surface area contributed by atoms with E-state index in [0.717, 1.165) is 49.9 Å². The zero-order chi connectivity index (χ0) is 18.5. The molecule has 2 aromatic rings. The molecule has 7 heteroatoms. The summed E-state index contributed by atoms with van der Waals surface area (Å²) in [7, 11) is 4.91. The van der Waals surface area contributed by atoms with Crippen LogP contribution in [0.4, 0.5) is 5.82 Å². The first-order chi connectivity index (χ1) is 12.7. The molecule has 0 amide bonds. The number of aromatic nitrogens is 1. The maximum absolute atomic E-state index is 5.92. The van der Waals surface area contributed by atoms with Crippen molar-refractivity contribution < 1.29 is 14.2 Å². The molecular weight excluding hydrogens is 354 g/mol. The van der Waals surface area contributed by atoms with Crippen LogP contribution in [-0.4, -0.2) is 57.4 Å². The molecule has 140 valence electrons. The molecule has 2 heterocycles. The highest BCUT2D eigenvalue weighted by molar-refractivity contribution is 6.30. The minimum atomic E-state index is 0.636. The molecule has 1 saturated heterocycles. The molecule has 6 nitrogen and oxygen atoms in total. The van der Waals surface area contributed by atoms with Gasteiger partial charge in [-0.2, -0.15) is 0 Å². The number of hydrogen-bond acceptors (Lipinski definition) is 6. The van der Waals surface area contributed by atoms with E-state index in [1.807, 2.05) is 24.3 Å². The van der Waals surface area contributed by atoms with Crippen molar-refractivity contribution in [2.45, 2.75) is 6.54 Å². The fourth-order valence-corrected chi connectivity index (χ4v) is 3.33. The van der Waals surface area contributed by atoms with Gasteiger partial charge in [-0.05, 0) is 18.2 Å². The van der Waals surface area contributed by atoms with Crippen LogP contribution < -0.4 is 19.1 Å². The lowest BCUT2D eigenvalue weighted by Crippen LogP contribution is -2.46. The van der Waals surface area contributed by atoms with Crippen LogP contribution in [0.15, 0.2) is 30.5 Å². The number of pyridine rings is 1. The van der Waals surface area contributed by atoms with Gasteiger partial charge in [-0.25, -0.2) is 4.98 Å². The van der Waals surface area contributed by atoms with E-state index in [0.29, 0.717) is 16.5 Å². The molecule has 0 radical (unpaired) electrons. The van der Waals surface area contributed by atoms with Gasteiger partial charge in [0.05, 0.1) is 26.4 Å². The summed E-state index contributed by atoms with van der Waals surface area (Å²) in [4.78, 5) is 9.08.